The zero-order valence-corrected chi connectivity index (χ0v) is 29.9. The average molecular weight is 716 g/mol. The van der Waals surface area contributed by atoms with Crippen LogP contribution >= 0.6 is 0 Å². The topological polar surface area (TPSA) is 65.0 Å². The predicted molar refractivity (Wildman–Crippen MR) is 229 cm³/mol. The fraction of sp³-hybridized carbons (Fsp3) is 0. The summed E-state index contributed by atoms with van der Waals surface area (Å²) in [7, 11) is 0. The summed E-state index contributed by atoms with van der Waals surface area (Å²) in [6.45, 7) is 0. The van der Waals surface area contributed by atoms with Crippen LogP contribution in [0.3, 0.4) is 0 Å². The average Bonchev–Trinajstić information content (AvgIpc) is 3.83. The SMILES string of the molecule is c1ccc(-c2cccc3c2oc2cccc(-c4nc(-c5ccc6cc7c(cc6c5)oc5ccccc57)nc(-c5cc6ccccc6c6ccccc56)n4)c23)cc1. The maximum absolute atomic E-state index is 6.66. The maximum atomic E-state index is 6.66. The number of furan rings is 2. The molecule has 0 amide bonds. The van der Waals surface area contributed by atoms with Gasteiger partial charge in [0, 0.05) is 43.8 Å². The third-order valence-corrected chi connectivity index (χ3v) is 11.1. The highest BCUT2D eigenvalue weighted by molar-refractivity contribution is 6.16. The summed E-state index contributed by atoms with van der Waals surface area (Å²) in [6, 6.07) is 61.0. The first kappa shape index (κ1) is 30.8. The van der Waals surface area contributed by atoms with E-state index in [9.17, 15) is 0 Å². The quantitative estimate of drug-likeness (QED) is 0.170. The van der Waals surface area contributed by atoms with Crippen molar-refractivity contribution in [1.29, 1.82) is 0 Å². The van der Waals surface area contributed by atoms with Gasteiger partial charge in [-0.1, -0.05) is 140 Å². The van der Waals surface area contributed by atoms with Gasteiger partial charge in [0.05, 0.1) is 0 Å². The molecule has 3 aromatic heterocycles. The van der Waals surface area contributed by atoms with Crippen LogP contribution in [0.2, 0.25) is 0 Å². The first-order valence-electron chi connectivity index (χ1n) is 18.8. The van der Waals surface area contributed by atoms with E-state index in [2.05, 4.69) is 140 Å². The molecule has 5 nitrogen and oxygen atoms in total. The van der Waals surface area contributed by atoms with E-state index in [0.29, 0.717) is 17.5 Å². The largest absolute Gasteiger partial charge is 0.456 e. The predicted octanol–water partition coefficient (Wildman–Crippen LogP) is 13.8. The molecule has 0 saturated carbocycles. The van der Waals surface area contributed by atoms with E-state index in [1.165, 1.54) is 5.39 Å². The van der Waals surface area contributed by atoms with Gasteiger partial charge in [-0.2, -0.15) is 0 Å². The van der Waals surface area contributed by atoms with E-state index in [1.54, 1.807) is 0 Å². The van der Waals surface area contributed by atoms with Gasteiger partial charge in [-0.3, -0.25) is 0 Å². The minimum atomic E-state index is 0.577. The van der Waals surface area contributed by atoms with E-state index in [-0.39, 0.29) is 0 Å². The van der Waals surface area contributed by atoms with E-state index >= 15 is 0 Å². The Labute approximate surface area is 320 Å². The second-order valence-electron chi connectivity index (χ2n) is 14.3. The van der Waals surface area contributed by atoms with Gasteiger partial charge in [0.25, 0.3) is 0 Å². The van der Waals surface area contributed by atoms with Gasteiger partial charge in [-0.05, 0) is 74.3 Å². The van der Waals surface area contributed by atoms with Crippen LogP contribution in [-0.2, 0) is 0 Å². The first-order valence-corrected chi connectivity index (χ1v) is 18.8. The highest BCUT2D eigenvalue weighted by atomic mass is 16.3. The fourth-order valence-corrected chi connectivity index (χ4v) is 8.47. The normalized spacial score (nSPS) is 11.9. The van der Waals surface area contributed by atoms with Crippen molar-refractivity contribution in [2.24, 2.45) is 0 Å². The van der Waals surface area contributed by atoms with Gasteiger partial charge in [-0.25, -0.2) is 15.0 Å². The van der Waals surface area contributed by atoms with Crippen molar-refractivity contribution in [2.45, 2.75) is 0 Å². The third kappa shape index (κ3) is 4.71. The minimum Gasteiger partial charge on any atom is -0.456 e. The molecule has 0 unspecified atom stereocenters. The van der Waals surface area contributed by atoms with Crippen LogP contribution in [0.5, 0.6) is 0 Å². The number of rotatable bonds is 4. The van der Waals surface area contributed by atoms with Crippen molar-refractivity contribution in [3.63, 3.8) is 0 Å². The highest BCUT2D eigenvalue weighted by Gasteiger charge is 2.21. The van der Waals surface area contributed by atoms with Crippen LogP contribution in [0.4, 0.5) is 0 Å². The Morgan fingerprint density at radius 3 is 1.88 bits per heavy atom. The Morgan fingerprint density at radius 2 is 0.982 bits per heavy atom. The van der Waals surface area contributed by atoms with Crippen LogP contribution < -0.4 is 0 Å². The molecule has 9 aromatic carbocycles. The molecule has 0 N–H and O–H groups in total. The number of para-hydroxylation sites is 2. The molecule has 0 aliphatic rings. The number of aromatic nitrogens is 3. The van der Waals surface area contributed by atoms with Crippen LogP contribution in [-0.4, -0.2) is 15.0 Å². The number of fused-ring (bicyclic) bond motifs is 10. The monoisotopic (exact) mass is 715 g/mol. The van der Waals surface area contributed by atoms with Crippen molar-refractivity contribution in [1.82, 2.24) is 15.0 Å². The number of benzene rings is 9. The number of hydrogen-bond acceptors (Lipinski definition) is 5. The summed E-state index contributed by atoms with van der Waals surface area (Å²) >= 11 is 0. The van der Waals surface area contributed by atoms with Gasteiger partial charge in [0.15, 0.2) is 17.5 Å². The summed E-state index contributed by atoms with van der Waals surface area (Å²) in [4.78, 5) is 15.9. The lowest BCUT2D eigenvalue weighted by atomic mass is 9.96. The van der Waals surface area contributed by atoms with Crippen molar-refractivity contribution < 1.29 is 8.83 Å². The van der Waals surface area contributed by atoms with Gasteiger partial charge in [-0.15, -0.1) is 0 Å². The zero-order valence-electron chi connectivity index (χ0n) is 29.9. The highest BCUT2D eigenvalue weighted by Crippen LogP contribution is 2.42. The van der Waals surface area contributed by atoms with E-state index in [0.717, 1.165) is 98.6 Å². The Balaban J connectivity index is 1.12. The van der Waals surface area contributed by atoms with Gasteiger partial charge in [0.1, 0.15) is 22.3 Å². The van der Waals surface area contributed by atoms with Gasteiger partial charge >= 0.3 is 0 Å². The van der Waals surface area contributed by atoms with E-state index < -0.39 is 0 Å². The van der Waals surface area contributed by atoms with E-state index in [1.807, 2.05) is 36.4 Å². The molecular formula is C51H29N3O2. The number of hydrogen-bond donors (Lipinski definition) is 0. The molecule has 0 fully saturated rings. The molecule has 3 heterocycles. The second-order valence-corrected chi connectivity index (χ2v) is 14.3. The molecule has 0 saturated heterocycles. The third-order valence-electron chi connectivity index (χ3n) is 11.1. The molecule has 0 aliphatic heterocycles. The molecular weight excluding hydrogens is 687 g/mol. The summed E-state index contributed by atoms with van der Waals surface area (Å²) in [5.74, 6) is 1.77. The molecule has 56 heavy (non-hydrogen) atoms. The lowest BCUT2D eigenvalue weighted by molar-refractivity contribution is 0.669. The standard InChI is InChI=1S/C51H29N3O2/c1-2-12-30(13-3-1)36-19-10-20-40-47-41(21-11-23-45(47)56-48(36)40)50-52-49(33-25-24-31-27-42-39-18-8-9-22-44(39)55-46(42)29-34(31)26-33)53-51(54-50)43-28-32-14-4-5-15-35(32)37-16-6-7-17-38(37)43/h1-29H. The molecule has 0 atom stereocenters. The van der Waals surface area contributed by atoms with Crippen molar-refractivity contribution >= 4 is 76.2 Å². The van der Waals surface area contributed by atoms with Crippen molar-refractivity contribution in [2.75, 3.05) is 0 Å². The summed E-state index contributed by atoms with van der Waals surface area (Å²) in [5.41, 5.74) is 8.20. The summed E-state index contributed by atoms with van der Waals surface area (Å²) < 4.78 is 13.0. The Bertz CT molecular complexity index is 3550. The summed E-state index contributed by atoms with van der Waals surface area (Å²) in [5, 5.41) is 10.9. The Hall–Kier alpha value is -7.63. The zero-order chi connectivity index (χ0) is 36.7. The van der Waals surface area contributed by atoms with E-state index in [4.69, 9.17) is 23.8 Å². The van der Waals surface area contributed by atoms with Crippen molar-refractivity contribution in [3.8, 4) is 45.3 Å². The van der Waals surface area contributed by atoms with Crippen LogP contribution in [0.1, 0.15) is 0 Å². The van der Waals surface area contributed by atoms with Crippen molar-refractivity contribution in [3.05, 3.63) is 176 Å². The fourth-order valence-electron chi connectivity index (χ4n) is 8.47. The molecule has 12 aromatic rings. The molecule has 12 rings (SSSR count). The minimum absolute atomic E-state index is 0.577. The first-order chi connectivity index (χ1) is 27.7. The molecule has 0 radical (unpaired) electrons. The number of nitrogens with zero attached hydrogens (tertiary/aromatic N) is 3. The lowest BCUT2D eigenvalue weighted by Gasteiger charge is -2.13. The molecule has 0 bridgehead atoms. The summed E-state index contributed by atoms with van der Waals surface area (Å²) in [6.07, 6.45) is 0. The molecule has 0 spiro atoms. The lowest BCUT2D eigenvalue weighted by Crippen LogP contribution is -2.01. The smallest absolute Gasteiger partial charge is 0.164 e. The van der Waals surface area contributed by atoms with Gasteiger partial charge in [0.2, 0.25) is 0 Å². The van der Waals surface area contributed by atoms with Crippen LogP contribution in [0.15, 0.2) is 185 Å². The van der Waals surface area contributed by atoms with Crippen LogP contribution in [0, 0.1) is 0 Å². The molecule has 0 aliphatic carbocycles. The second kappa shape index (κ2) is 11.9. The Kier molecular flexibility index (Phi) is 6.56. The van der Waals surface area contributed by atoms with Crippen LogP contribution in [0.25, 0.3) is 121 Å². The Morgan fingerprint density at radius 1 is 0.304 bits per heavy atom. The maximum Gasteiger partial charge on any atom is 0.164 e. The van der Waals surface area contributed by atoms with Gasteiger partial charge < -0.3 is 8.83 Å². The molecule has 260 valence electrons. The molecule has 5 heteroatoms.